The Kier molecular flexibility index (Phi) is 5.32. The highest BCUT2D eigenvalue weighted by atomic mass is 16.5. The first-order valence-electron chi connectivity index (χ1n) is 5.61. The fourth-order valence-corrected chi connectivity index (χ4v) is 1.27. The number of rotatable bonds is 6. The molecule has 1 aromatic rings. The van der Waals surface area contributed by atoms with Crippen LogP contribution in [0.25, 0.3) is 10.4 Å². The second kappa shape index (κ2) is 6.75. The van der Waals surface area contributed by atoms with Crippen LogP contribution >= 0.6 is 0 Å². The number of aliphatic hydroxyl groups is 2. The first kappa shape index (κ1) is 15.0. The summed E-state index contributed by atoms with van der Waals surface area (Å²) in [6, 6.07) is 8.28. The Morgan fingerprint density at radius 1 is 1.53 bits per heavy atom. The van der Waals surface area contributed by atoms with Crippen molar-refractivity contribution in [1.82, 2.24) is 0 Å². The van der Waals surface area contributed by atoms with Gasteiger partial charge in [0.2, 0.25) is 0 Å². The zero-order valence-electron chi connectivity index (χ0n) is 10.4. The van der Waals surface area contributed by atoms with E-state index in [4.69, 9.17) is 10.3 Å². The number of hydrogen-bond donors (Lipinski definition) is 2. The summed E-state index contributed by atoms with van der Waals surface area (Å²) in [7, 11) is 0. The molecule has 1 aromatic carbocycles. The van der Waals surface area contributed by atoms with Gasteiger partial charge in [-0.15, -0.1) is 0 Å². The molecule has 0 radical (unpaired) electrons. The molecule has 7 nitrogen and oxygen atoms in total. The van der Waals surface area contributed by atoms with E-state index in [0.29, 0.717) is 5.56 Å². The van der Waals surface area contributed by atoms with Crippen molar-refractivity contribution in [2.45, 2.75) is 18.6 Å². The van der Waals surface area contributed by atoms with E-state index in [2.05, 4.69) is 10.0 Å². The van der Waals surface area contributed by atoms with Gasteiger partial charge in [0.15, 0.2) is 0 Å². The highest BCUT2D eigenvalue weighted by Gasteiger charge is 2.30. The number of ether oxygens (including phenoxy) is 1. The van der Waals surface area contributed by atoms with Crippen molar-refractivity contribution in [2.75, 3.05) is 13.2 Å². The third-order valence-corrected chi connectivity index (χ3v) is 2.55. The van der Waals surface area contributed by atoms with Crippen molar-refractivity contribution < 1.29 is 19.7 Å². The molecule has 2 N–H and O–H groups in total. The largest absolute Gasteiger partial charge is 0.459 e. The Morgan fingerprint density at radius 2 is 2.16 bits per heavy atom. The topological polar surface area (TPSA) is 116 Å². The van der Waals surface area contributed by atoms with Gasteiger partial charge in [-0.05, 0) is 24.6 Å². The lowest BCUT2D eigenvalue weighted by Gasteiger charge is -2.26. The van der Waals surface area contributed by atoms with Crippen LogP contribution in [0.5, 0.6) is 0 Å². The van der Waals surface area contributed by atoms with Crippen LogP contribution in [0.2, 0.25) is 0 Å². The molecule has 0 aliphatic heterocycles. The second-order valence-electron chi connectivity index (χ2n) is 4.23. The lowest BCUT2D eigenvalue weighted by Crippen LogP contribution is -2.45. The van der Waals surface area contributed by atoms with Crippen LogP contribution < -0.4 is 0 Å². The highest BCUT2D eigenvalue weighted by molar-refractivity contribution is 5.89. The minimum absolute atomic E-state index is 0.312. The summed E-state index contributed by atoms with van der Waals surface area (Å²) in [4.78, 5) is 14.1. The molecule has 102 valence electrons. The number of carbonyl (C=O) groups is 1. The fourth-order valence-electron chi connectivity index (χ4n) is 1.27. The first-order valence-corrected chi connectivity index (χ1v) is 5.61. The Morgan fingerprint density at radius 3 is 2.74 bits per heavy atom. The molecule has 0 amide bonds. The number of aliphatic hydroxyl groups excluding tert-OH is 1. The average Bonchev–Trinajstić information content (AvgIpc) is 2.43. The second-order valence-corrected chi connectivity index (χ2v) is 4.23. The van der Waals surface area contributed by atoms with Crippen molar-refractivity contribution >= 4 is 5.97 Å². The van der Waals surface area contributed by atoms with Crippen LogP contribution in [0.4, 0.5) is 0 Å². The molecule has 1 rings (SSSR count). The third-order valence-electron chi connectivity index (χ3n) is 2.55. The van der Waals surface area contributed by atoms with Gasteiger partial charge in [-0.2, -0.15) is 0 Å². The summed E-state index contributed by atoms with van der Waals surface area (Å²) >= 11 is 0. The van der Waals surface area contributed by atoms with Crippen LogP contribution in [0, 0.1) is 0 Å². The molecule has 0 aliphatic carbocycles. The monoisotopic (exact) mass is 265 g/mol. The number of azide groups is 1. The van der Waals surface area contributed by atoms with E-state index in [0.717, 1.165) is 0 Å². The third kappa shape index (κ3) is 4.59. The molecule has 0 saturated heterocycles. The maximum absolute atomic E-state index is 11.6. The molecule has 0 fully saturated rings. The molecular weight excluding hydrogens is 250 g/mol. The summed E-state index contributed by atoms with van der Waals surface area (Å²) in [5.74, 6) is -0.598. The Labute approximate surface area is 110 Å². The highest BCUT2D eigenvalue weighted by Crippen LogP contribution is 2.12. The van der Waals surface area contributed by atoms with Crippen molar-refractivity contribution in [2.24, 2.45) is 5.11 Å². The van der Waals surface area contributed by atoms with Crippen molar-refractivity contribution in [3.8, 4) is 0 Å². The van der Waals surface area contributed by atoms with E-state index in [-0.39, 0.29) is 13.2 Å². The molecule has 2 atom stereocenters. The molecule has 0 aliphatic rings. The van der Waals surface area contributed by atoms with Gasteiger partial charge < -0.3 is 14.9 Å². The number of nitrogens with zero attached hydrogens (tertiary/aromatic N) is 3. The lowest BCUT2D eigenvalue weighted by atomic mass is 10.0. The zero-order valence-corrected chi connectivity index (χ0v) is 10.4. The van der Waals surface area contributed by atoms with Crippen LogP contribution in [0.15, 0.2) is 35.4 Å². The first-order chi connectivity index (χ1) is 8.97. The van der Waals surface area contributed by atoms with Crippen molar-refractivity contribution in [3.63, 3.8) is 0 Å². The Bertz CT molecular complexity index is 469. The molecule has 0 saturated carbocycles. The van der Waals surface area contributed by atoms with E-state index in [9.17, 15) is 15.0 Å². The number of esters is 1. The molecule has 7 heteroatoms. The predicted octanol–water partition coefficient (Wildman–Crippen LogP) is 1.27. The van der Waals surface area contributed by atoms with Gasteiger partial charge in [-0.3, -0.25) is 0 Å². The number of benzene rings is 1. The lowest BCUT2D eigenvalue weighted by molar-refractivity contribution is -0.0806. The maximum atomic E-state index is 11.6. The van der Waals surface area contributed by atoms with E-state index < -0.39 is 17.7 Å². The normalized spacial score (nSPS) is 14.9. The standard InChI is InChI=1S/C12H15N3O4/c1-12(18,8-14-15-13)10(16)7-19-11(17)9-5-3-2-4-6-9/h2-6,10,16,18H,7-8H2,1H3/t10-,12+/m1/s1. The molecular formula is C12H15N3O4. The van der Waals surface area contributed by atoms with Gasteiger partial charge >= 0.3 is 5.97 Å². The smallest absolute Gasteiger partial charge is 0.338 e. The predicted molar refractivity (Wildman–Crippen MR) is 67.4 cm³/mol. The summed E-state index contributed by atoms with van der Waals surface area (Å²) in [6.07, 6.45) is -1.34. The molecule has 19 heavy (non-hydrogen) atoms. The number of hydrogen-bond acceptors (Lipinski definition) is 5. The van der Waals surface area contributed by atoms with Crippen LogP contribution in [-0.4, -0.2) is 41.0 Å². The quantitative estimate of drug-likeness (QED) is 0.348. The van der Waals surface area contributed by atoms with E-state index in [1.165, 1.54) is 6.92 Å². The number of carbonyl (C=O) groups excluding carboxylic acids is 1. The van der Waals surface area contributed by atoms with Crippen LogP contribution in [0.1, 0.15) is 17.3 Å². The molecule has 0 aromatic heterocycles. The fraction of sp³-hybridized carbons (Fsp3) is 0.417. The van der Waals surface area contributed by atoms with Gasteiger partial charge in [0.05, 0.1) is 17.7 Å². The Balaban J connectivity index is 2.52. The average molecular weight is 265 g/mol. The maximum Gasteiger partial charge on any atom is 0.338 e. The van der Waals surface area contributed by atoms with Gasteiger partial charge in [0, 0.05) is 4.91 Å². The minimum atomic E-state index is -1.65. The minimum Gasteiger partial charge on any atom is -0.459 e. The summed E-state index contributed by atoms with van der Waals surface area (Å²) in [5.41, 5.74) is 6.86. The summed E-state index contributed by atoms with van der Waals surface area (Å²) < 4.78 is 4.87. The van der Waals surface area contributed by atoms with Crippen LogP contribution in [0.3, 0.4) is 0 Å². The Hall–Kier alpha value is -2.08. The van der Waals surface area contributed by atoms with E-state index in [1.54, 1.807) is 30.3 Å². The van der Waals surface area contributed by atoms with Crippen molar-refractivity contribution in [3.05, 3.63) is 46.3 Å². The molecule has 0 unspecified atom stereocenters. The van der Waals surface area contributed by atoms with Gasteiger partial charge in [-0.25, -0.2) is 4.79 Å². The van der Waals surface area contributed by atoms with Gasteiger partial charge in [-0.1, -0.05) is 23.3 Å². The van der Waals surface area contributed by atoms with E-state index in [1.807, 2.05) is 0 Å². The van der Waals surface area contributed by atoms with Gasteiger partial charge in [0.25, 0.3) is 0 Å². The molecule has 0 spiro atoms. The van der Waals surface area contributed by atoms with Crippen LogP contribution in [-0.2, 0) is 4.74 Å². The van der Waals surface area contributed by atoms with E-state index >= 15 is 0 Å². The zero-order chi connectivity index (χ0) is 14.3. The molecule has 0 bridgehead atoms. The van der Waals surface area contributed by atoms with Gasteiger partial charge in [0.1, 0.15) is 12.7 Å². The SMILES string of the molecule is C[C@](O)(CN=[N+]=[N-])[C@H](O)COC(=O)c1ccccc1. The summed E-state index contributed by atoms with van der Waals surface area (Å²) in [5, 5.41) is 22.7. The van der Waals surface area contributed by atoms with Crippen molar-refractivity contribution in [1.29, 1.82) is 0 Å². The summed E-state index contributed by atoms with van der Waals surface area (Å²) in [6.45, 7) is 0.595. The molecule has 0 heterocycles.